The normalized spacial score (nSPS) is 16.9. The molecule has 128 valence electrons. The van der Waals surface area contributed by atoms with Gasteiger partial charge >= 0.3 is 0 Å². The molecule has 1 aliphatic heterocycles. The molecule has 0 bridgehead atoms. The lowest BCUT2D eigenvalue weighted by Gasteiger charge is -2.19. The van der Waals surface area contributed by atoms with E-state index in [1.54, 1.807) is 12.1 Å². The standard InChI is InChI=1S/C20H17ClF2N2/c1-20(22,23)14-9-7-13(8-10-14)19-18-6-3-11-25(18)17-5-2-4-16(21)15(17)12-24-19/h2-11,19,24H,12H2,1H3. The van der Waals surface area contributed by atoms with Crippen LogP contribution < -0.4 is 5.32 Å². The van der Waals surface area contributed by atoms with Crippen molar-refractivity contribution in [3.63, 3.8) is 0 Å². The number of halogens is 3. The minimum Gasteiger partial charge on any atom is -0.319 e. The molecular weight excluding hydrogens is 342 g/mol. The van der Waals surface area contributed by atoms with Gasteiger partial charge in [-0.05, 0) is 29.8 Å². The highest BCUT2D eigenvalue weighted by Crippen LogP contribution is 2.34. The maximum Gasteiger partial charge on any atom is 0.270 e. The van der Waals surface area contributed by atoms with Crippen LogP contribution in [-0.2, 0) is 12.5 Å². The Morgan fingerprint density at radius 3 is 2.56 bits per heavy atom. The van der Waals surface area contributed by atoms with Crippen LogP contribution >= 0.6 is 11.6 Å². The summed E-state index contributed by atoms with van der Waals surface area (Å²) in [5.41, 5.74) is 4.08. The monoisotopic (exact) mass is 358 g/mol. The van der Waals surface area contributed by atoms with E-state index >= 15 is 0 Å². The molecule has 4 rings (SSSR count). The number of alkyl halides is 2. The Labute approximate surface area is 150 Å². The zero-order chi connectivity index (χ0) is 17.6. The largest absolute Gasteiger partial charge is 0.319 e. The van der Waals surface area contributed by atoms with Gasteiger partial charge in [-0.2, -0.15) is 0 Å². The molecule has 1 aliphatic rings. The molecule has 2 aromatic carbocycles. The fraction of sp³-hybridized carbons (Fsp3) is 0.200. The lowest BCUT2D eigenvalue weighted by molar-refractivity contribution is 0.0174. The van der Waals surface area contributed by atoms with Crippen LogP contribution in [0.2, 0.25) is 5.02 Å². The van der Waals surface area contributed by atoms with E-state index in [-0.39, 0.29) is 11.6 Å². The molecule has 1 unspecified atom stereocenters. The number of fused-ring (bicyclic) bond motifs is 3. The third-order valence-electron chi connectivity index (χ3n) is 4.66. The second kappa shape index (κ2) is 5.97. The lowest BCUT2D eigenvalue weighted by atomic mass is 10.0. The van der Waals surface area contributed by atoms with Crippen molar-refractivity contribution in [3.05, 3.63) is 88.2 Å². The third-order valence-corrected chi connectivity index (χ3v) is 5.02. The third kappa shape index (κ3) is 2.86. The lowest BCUT2D eigenvalue weighted by Crippen LogP contribution is -2.21. The SMILES string of the molecule is CC(F)(F)c1ccc(C2NCc3c(Cl)cccc3-n3cccc32)cc1. The van der Waals surface area contributed by atoms with Crippen molar-refractivity contribution < 1.29 is 8.78 Å². The molecule has 0 saturated carbocycles. The van der Waals surface area contributed by atoms with Gasteiger partial charge in [-0.15, -0.1) is 0 Å². The Kier molecular flexibility index (Phi) is 3.89. The molecule has 0 fully saturated rings. The van der Waals surface area contributed by atoms with Gasteiger partial charge in [-0.3, -0.25) is 0 Å². The molecule has 5 heteroatoms. The van der Waals surface area contributed by atoms with E-state index in [1.165, 1.54) is 12.1 Å². The van der Waals surface area contributed by atoms with Gasteiger partial charge in [0.15, 0.2) is 0 Å². The molecular formula is C20H17ClF2N2. The van der Waals surface area contributed by atoms with Crippen LogP contribution in [0.1, 0.15) is 35.3 Å². The van der Waals surface area contributed by atoms with E-state index < -0.39 is 5.92 Å². The van der Waals surface area contributed by atoms with Crippen molar-refractivity contribution in [1.29, 1.82) is 0 Å². The first-order chi connectivity index (χ1) is 11.9. The summed E-state index contributed by atoms with van der Waals surface area (Å²) in [5, 5.41) is 4.22. The first-order valence-corrected chi connectivity index (χ1v) is 8.49. The second-order valence-electron chi connectivity index (χ2n) is 6.36. The Morgan fingerprint density at radius 1 is 1.08 bits per heavy atom. The van der Waals surface area contributed by atoms with Crippen molar-refractivity contribution in [2.75, 3.05) is 0 Å². The Balaban J connectivity index is 1.78. The van der Waals surface area contributed by atoms with Crippen molar-refractivity contribution in [2.45, 2.75) is 25.4 Å². The van der Waals surface area contributed by atoms with Crippen LogP contribution in [0.4, 0.5) is 8.78 Å². The van der Waals surface area contributed by atoms with Crippen LogP contribution in [0.5, 0.6) is 0 Å². The Bertz CT molecular complexity index is 910. The van der Waals surface area contributed by atoms with Gasteiger partial charge in [0.2, 0.25) is 0 Å². The predicted octanol–water partition coefficient (Wildman–Crippen LogP) is 5.44. The summed E-state index contributed by atoms with van der Waals surface area (Å²) in [6.07, 6.45) is 2.00. The maximum absolute atomic E-state index is 13.5. The zero-order valence-corrected chi connectivity index (χ0v) is 14.4. The molecule has 0 aliphatic carbocycles. The van der Waals surface area contributed by atoms with E-state index in [2.05, 4.69) is 9.88 Å². The van der Waals surface area contributed by atoms with E-state index in [0.717, 1.165) is 29.4 Å². The first-order valence-electron chi connectivity index (χ1n) is 8.12. The fourth-order valence-corrected chi connectivity index (χ4v) is 3.60. The maximum atomic E-state index is 13.5. The molecule has 25 heavy (non-hydrogen) atoms. The highest BCUT2D eigenvalue weighted by Gasteiger charge is 2.26. The summed E-state index contributed by atoms with van der Waals surface area (Å²) >= 11 is 6.38. The average Bonchev–Trinajstić information content (AvgIpc) is 2.99. The number of benzene rings is 2. The molecule has 0 radical (unpaired) electrons. The minimum absolute atomic E-state index is 0.0200. The molecule has 1 atom stereocenters. The van der Waals surface area contributed by atoms with E-state index in [1.807, 2.05) is 36.5 Å². The van der Waals surface area contributed by atoms with E-state index in [9.17, 15) is 8.78 Å². The zero-order valence-electron chi connectivity index (χ0n) is 13.6. The van der Waals surface area contributed by atoms with Crippen molar-refractivity contribution in [1.82, 2.24) is 9.88 Å². The van der Waals surface area contributed by atoms with Gasteiger partial charge in [0.1, 0.15) is 0 Å². The summed E-state index contributed by atoms with van der Waals surface area (Å²) in [7, 11) is 0. The number of rotatable bonds is 2. The number of aromatic nitrogens is 1. The topological polar surface area (TPSA) is 17.0 Å². The summed E-state index contributed by atoms with van der Waals surface area (Å²) in [6.45, 7) is 1.52. The fourth-order valence-electron chi connectivity index (χ4n) is 3.36. The minimum atomic E-state index is -2.83. The summed E-state index contributed by atoms with van der Waals surface area (Å²) in [6, 6.07) is 16.3. The van der Waals surface area contributed by atoms with Crippen LogP contribution in [0.25, 0.3) is 5.69 Å². The van der Waals surface area contributed by atoms with Gasteiger partial charge < -0.3 is 9.88 Å². The van der Waals surface area contributed by atoms with Crippen LogP contribution in [0.15, 0.2) is 60.8 Å². The average molecular weight is 359 g/mol. The van der Waals surface area contributed by atoms with Gasteiger partial charge in [-0.25, -0.2) is 8.78 Å². The predicted molar refractivity (Wildman–Crippen MR) is 95.5 cm³/mol. The molecule has 3 aromatic rings. The quantitative estimate of drug-likeness (QED) is 0.646. The van der Waals surface area contributed by atoms with Crippen LogP contribution in [0, 0.1) is 0 Å². The van der Waals surface area contributed by atoms with Crippen LogP contribution in [-0.4, -0.2) is 4.57 Å². The van der Waals surface area contributed by atoms with Gasteiger partial charge in [0.25, 0.3) is 5.92 Å². The molecule has 2 nitrogen and oxygen atoms in total. The van der Waals surface area contributed by atoms with Gasteiger partial charge in [0.05, 0.1) is 11.7 Å². The van der Waals surface area contributed by atoms with Crippen molar-refractivity contribution in [2.24, 2.45) is 0 Å². The van der Waals surface area contributed by atoms with Gasteiger partial charge in [-0.1, -0.05) is 41.9 Å². The molecule has 0 amide bonds. The Hall–Kier alpha value is -2.17. The molecule has 1 N–H and O–H groups in total. The first kappa shape index (κ1) is 16.3. The number of hydrogen-bond acceptors (Lipinski definition) is 1. The Morgan fingerprint density at radius 2 is 1.84 bits per heavy atom. The molecule has 0 spiro atoms. The van der Waals surface area contributed by atoms with E-state index in [4.69, 9.17) is 11.6 Å². The number of nitrogens with zero attached hydrogens (tertiary/aromatic N) is 1. The number of hydrogen-bond donors (Lipinski definition) is 1. The molecule has 1 aromatic heterocycles. The molecule has 2 heterocycles. The van der Waals surface area contributed by atoms with Gasteiger partial charge in [0, 0.05) is 41.5 Å². The molecule has 0 saturated heterocycles. The smallest absolute Gasteiger partial charge is 0.270 e. The second-order valence-corrected chi connectivity index (χ2v) is 6.77. The summed E-state index contributed by atoms with van der Waals surface area (Å²) in [5.74, 6) is -2.83. The van der Waals surface area contributed by atoms with Crippen molar-refractivity contribution in [3.8, 4) is 5.69 Å². The van der Waals surface area contributed by atoms with E-state index in [0.29, 0.717) is 11.6 Å². The highest BCUT2D eigenvalue weighted by atomic mass is 35.5. The number of nitrogens with one attached hydrogen (secondary N) is 1. The van der Waals surface area contributed by atoms with Crippen molar-refractivity contribution >= 4 is 11.6 Å². The summed E-state index contributed by atoms with van der Waals surface area (Å²) in [4.78, 5) is 0. The summed E-state index contributed by atoms with van der Waals surface area (Å²) < 4.78 is 29.0. The highest BCUT2D eigenvalue weighted by molar-refractivity contribution is 6.31. The van der Waals surface area contributed by atoms with Crippen LogP contribution in [0.3, 0.4) is 0 Å².